The number of H-pyrrole nitrogens is 1. The summed E-state index contributed by atoms with van der Waals surface area (Å²) in [5.41, 5.74) is 10.6. The largest absolute Gasteiger partial charge is 0.398 e. The second-order valence-corrected chi connectivity index (χ2v) is 4.73. The van der Waals surface area contributed by atoms with Crippen LogP contribution in [0.5, 0.6) is 0 Å². The van der Waals surface area contributed by atoms with Crippen LogP contribution in [-0.2, 0) is 0 Å². The summed E-state index contributed by atoms with van der Waals surface area (Å²) in [6, 6.07) is 9.72. The highest BCUT2D eigenvalue weighted by Crippen LogP contribution is 2.34. The maximum absolute atomic E-state index is 5.98. The van der Waals surface area contributed by atoms with Gasteiger partial charge in [-0.05, 0) is 24.3 Å². The Morgan fingerprint density at radius 1 is 1.21 bits per heavy atom. The van der Waals surface area contributed by atoms with Crippen molar-refractivity contribution in [2.75, 3.05) is 10.6 Å². The van der Waals surface area contributed by atoms with Crippen molar-refractivity contribution < 1.29 is 0 Å². The maximum atomic E-state index is 5.98. The van der Waals surface area contributed by atoms with Gasteiger partial charge in [-0.15, -0.1) is 0 Å². The van der Waals surface area contributed by atoms with E-state index in [2.05, 4.69) is 11.6 Å². The standard InChI is InChI=1S/C15H13N3S/c1-10-11-4-2-5-13(16)12(11)7-9-18(10)14-6-3-8-17-15(14)19/h2-9H,1,16H2,(H,17,19). The van der Waals surface area contributed by atoms with E-state index in [0.29, 0.717) is 4.64 Å². The van der Waals surface area contributed by atoms with Crippen molar-refractivity contribution in [3.05, 3.63) is 65.1 Å². The molecule has 94 valence electrons. The summed E-state index contributed by atoms with van der Waals surface area (Å²) in [6.45, 7) is 4.15. The molecule has 19 heavy (non-hydrogen) atoms. The number of aromatic nitrogens is 1. The predicted molar refractivity (Wildman–Crippen MR) is 83.0 cm³/mol. The third-order valence-corrected chi connectivity index (χ3v) is 3.52. The number of nitrogens with zero attached hydrogens (tertiary/aromatic N) is 1. The van der Waals surface area contributed by atoms with Crippen LogP contribution in [0.4, 0.5) is 11.4 Å². The number of nitrogens with two attached hydrogens (primary N) is 1. The van der Waals surface area contributed by atoms with Crippen LogP contribution in [0.25, 0.3) is 11.8 Å². The SMILES string of the molecule is C=C1c2cccc(N)c2C=CN1c1ccc[nH]c1=S. The summed E-state index contributed by atoms with van der Waals surface area (Å²) in [4.78, 5) is 5.00. The van der Waals surface area contributed by atoms with Gasteiger partial charge < -0.3 is 15.6 Å². The zero-order chi connectivity index (χ0) is 13.4. The van der Waals surface area contributed by atoms with Gasteiger partial charge in [0.2, 0.25) is 0 Å². The molecule has 0 spiro atoms. The first-order valence-electron chi connectivity index (χ1n) is 5.91. The Morgan fingerprint density at radius 3 is 2.84 bits per heavy atom. The average Bonchev–Trinajstić information content (AvgIpc) is 2.41. The summed E-state index contributed by atoms with van der Waals surface area (Å²) in [6.07, 6.45) is 5.75. The molecule has 0 aliphatic carbocycles. The zero-order valence-electron chi connectivity index (χ0n) is 10.3. The first kappa shape index (κ1) is 11.7. The monoisotopic (exact) mass is 267 g/mol. The number of hydrogen-bond donors (Lipinski definition) is 2. The average molecular weight is 267 g/mol. The van der Waals surface area contributed by atoms with Gasteiger partial charge in [0.25, 0.3) is 0 Å². The predicted octanol–water partition coefficient (Wildman–Crippen LogP) is 3.79. The second kappa shape index (κ2) is 4.40. The Balaban J connectivity index is 2.14. The van der Waals surface area contributed by atoms with E-state index >= 15 is 0 Å². The third kappa shape index (κ3) is 1.86. The summed E-state index contributed by atoms with van der Waals surface area (Å²) in [7, 11) is 0. The van der Waals surface area contributed by atoms with E-state index in [9.17, 15) is 0 Å². The number of hydrogen-bond acceptors (Lipinski definition) is 3. The van der Waals surface area contributed by atoms with Crippen molar-refractivity contribution >= 4 is 35.4 Å². The normalized spacial score (nSPS) is 13.5. The topological polar surface area (TPSA) is 45.0 Å². The Kier molecular flexibility index (Phi) is 2.72. The van der Waals surface area contributed by atoms with Gasteiger partial charge in [0.1, 0.15) is 4.64 Å². The molecule has 3 nitrogen and oxygen atoms in total. The van der Waals surface area contributed by atoms with Crippen molar-refractivity contribution in [3.8, 4) is 0 Å². The molecule has 1 aliphatic heterocycles. The van der Waals surface area contributed by atoms with E-state index < -0.39 is 0 Å². The van der Waals surface area contributed by atoms with Gasteiger partial charge in [-0.3, -0.25) is 0 Å². The van der Waals surface area contributed by atoms with Crippen LogP contribution in [0.2, 0.25) is 0 Å². The molecule has 0 unspecified atom stereocenters. The smallest absolute Gasteiger partial charge is 0.127 e. The molecule has 0 saturated heterocycles. The van der Waals surface area contributed by atoms with Gasteiger partial charge >= 0.3 is 0 Å². The van der Waals surface area contributed by atoms with Gasteiger partial charge in [0.05, 0.1) is 5.69 Å². The molecule has 0 amide bonds. The van der Waals surface area contributed by atoms with Crippen molar-refractivity contribution in [2.45, 2.75) is 0 Å². The number of aromatic amines is 1. The fourth-order valence-electron chi connectivity index (χ4n) is 2.22. The Morgan fingerprint density at radius 2 is 2.05 bits per heavy atom. The van der Waals surface area contributed by atoms with Crippen molar-refractivity contribution in [1.82, 2.24) is 4.98 Å². The second-order valence-electron chi connectivity index (χ2n) is 4.33. The van der Waals surface area contributed by atoms with Crippen molar-refractivity contribution in [2.24, 2.45) is 0 Å². The first-order chi connectivity index (χ1) is 9.18. The lowest BCUT2D eigenvalue weighted by Crippen LogP contribution is -2.18. The Bertz CT molecular complexity index is 743. The zero-order valence-corrected chi connectivity index (χ0v) is 11.1. The molecular formula is C15H13N3S. The minimum absolute atomic E-state index is 0.681. The number of fused-ring (bicyclic) bond motifs is 1. The molecular weight excluding hydrogens is 254 g/mol. The van der Waals surface area contributed by atoms with E-state index in [0.717, 1.165) is 28.2 Å². The number of pyridine rings is 1. The van der Waals surface area contributed by atoms with Crippen LogP contribution in [0.15, 0.2) is 49.3 Å². The van der Waals surface area contributed by atoms with Crippen LogP contribution in [-0.4, -0.2) is 4.98 Å². The minimum Gasteiger partial charge on any atom is -0.398 e. The molecule has 0 fully saturated rings. The molecule has 3 N–H and O–H groups in total. The highest BCUT2D eigenvalue weighted by Gasteiger charge is 2.18. The van der Waals surface area contributed by atoms with E-state index in [1.165, 1.54) is 0 Å². The van der Waals surface area contributed by atoms with E-state index in [1.807, 2.05) is 53.7 Å². The van der Waals surface area contributed by atoms with Gasteiger partial charge in [-0.2, -0.15) is 0 Å². The molecule has 1 aromatic carbocycles. The fraction of sp³-hybridized carbons (Fsp3) is 0. The summed E-state index contributed by atoms with van der Waals surface area (Å²) in [5, 5.41) is 0. The van der Waals surface area contributed by atoms with Crippen LogP contribution in [0, 0.1) is 4.64 Å². The lowest BCUT2D eigenvalue weighted by Gasteiger charge is -2.28. The lowest BCUT2D eigenvalue weighted by atomic mass is 9.99. The molecule has 4 heteroatoms. The third-order valence-electron chi connectivity index (χ3n) is 3.19. The van der Waals surface area contributed by atoms with Crippen LogP contribution in [0.1, 0.15) is 11.1 Å². The maximum Gasteiger partial charge on any atom is 0.127 e. The minimum atomic E-state index is 0.681. The molecule has 0 radical (unpaired) electrons. The van der Waals surface area contributed by atoms with Crippen molar-refractivity contribution in [3.63, 3.8) is 0 Å². The van der Waals surface area contributed by atoms with Gasteiger partial charge in [-0.1, -0.05) is 30.9 Å². The summed E-state index contributed by atoms with van der Waals surface area (Å²) < 4.78 is 0.681. The van der Waals surface area contributed by atoms with Crippen LogP contribution in [0.3, 0.4) is 0 Å². The number of rotatable bonds is 1. The molecule has 0 saturated carbocycles. The van der Waals surface area contributed by atoms with Crippen molar-refractivity contribution in [1.29, 1.82) is 0 Å². The van der Waals surface area contributed by atoms with E-state index in [4.69, 9.17) is 18.0 Å². The number of benzene rings is 1. The van der Waals surface area contributed by atoms with Gasteiger partial charge in [0.15, 0.2) is 0 Å². The van der Waals surface area contributed by atoms with Gasteiger partial charge in [0, 0.05) is 34.9 Å². The lowest BCUT2D eigenvalue weighted by molar-refractivity contribution is 1.21. The van der Waals surface area contributed by atoms with E-state index in [1.54, 1.807) is 0 Å². The summed E-state index contributed by atoms with van der Waals surface area (Å²) in [5.74, 6) is 0. The molecule has 1 aromatic heterocycles. The number of anilines is 2. The molecule has 3 rings (SSSR count). The fourth-order valence-corrected chi connectivity index (χ4v) is 2.45. The molecule has 0 bridgehead atoms. The Labute approximate surface area is 116 Å². The number of nitrogen functional groups attached to an aromatic ring is 1. The summed E-state index contributed by atoms with van der Waals surface area (Å²) >= 11 is 5.31. The highest BCUT2D eigenvalue weighted by molar-refractivity contribution is 7.71. The number of nitrogens with one attached hydrogen (secondary N) is 1. The Hall–Kier alpha value is -2.33. The first-order valence-corrected chi connectivity index (χ1v) is 6.32. The quantitative estimate of drug-likeness (QED) is 0.610. The molecule has 2 heterocycles. The molecule has 0 atom stereocenters. The van der Waals surface area contributed by atoms with Crippen LogP contribution < -0.4 is 10.6 Å². The highest BCUT2D eigenvalue weighted by atomic mass is 32.1. The van der Waals surface area contributed by atoms with E-state index in [-0.39, 0.29) is 0 Å². The molecule has 1 aliphatic rings. The van der Waals surface area contributed by atoms with Gasteiger partial charge in [-0.25, -0.2) is 0 Å². The molecule has 2 aromatic rings. The van der Waals surface area contributed by atoms with Crippen LogP contribution >= 0.6 is 12.2 Å².